The minimum atomic E-state index is 0. The Bertz CT molecular complexity index is 316. The minimum Gasteiger partial charge on any atom is -0.377 e. The van der Waals surface area contributed by atoms with Crippen LogP contribution in [0.15, 0.2) is 24.3 Å². The Balaban J connectivity index is 0.00000128. The predicted molar refractivity (Wildman–Crippen MR) is 72.5 cm³/mol. The molecule has 16 heavy (non-hydrogen) atoms. The third-order valence-corrected chi connectivity index (χ3v) is 3.04. The summed E-state index contributed by atoms with van der Waals surface area (Å²) in [4.78, 5) is 0. The molecule has 4 heteroatoms. The highest BCUT2D eigenvalue weighted by Crippen LogP contribution is 2.15. The quantitative estimate of drug-likeness (QED) is 0.922. The molecule has 1 unspecified atom stereocenters. The van der Waals surface area contributed by atoms with Crippen molar-refractivity contribution < 1.29 is 4.74 Å². The molecule has 0 saturated carbocycles. The van der Waals surface area contributed by atoms with E-state index in [2.05, 4.69) is 5.32 Å². The average molecular weight is 307 g/mol. The molecule has 0 radical (unpaired) electrons. The number of hydrogen-bond acceptors (Lipinski definition) is 2. The van der Waals surface area contributed by atoms with Crippen LogP contribution in [0.2, 0.25) is 5.02 Å². The second kappa shape index (κ2) is 7.28. The molecule has 0 amide bonds. The van der Waals surface area contributed by atoms with Gasteiger partial charge < -0.3 is 10.1 Å². The summed E-state index contributed by atoms with van der Waals surface area (Å²) in [5.74, 6) is 0. The van der Waals surface area contributed by atoms with Crippen LogP contribution >= 0.6 is 28.6 Å². The van der Waals surface area contributed by atoms with E-state index in [0.29, 0.717) is 6.10 Å². The fourth-order valence-corrected chi connectivity index (χ4v) is 2.02. The van der Waals surface area contributed by atoms with E-state index in [-0.39, 0.29) is 17.0 Å². The average Bonchev–Trinajstić information content (AvgIpc) is 2.74. The van der Waals surface area contributed by atoms with Gasteiger partial charge >= 0.3 is 0 Å². The molecule has 1 N–H and O–H groups in total. The molecule has 0 bridgehead atoms. The summed E-state index contributed by atoms with van der Waals surface area (Å²) < 4.78 is 5.53. The number of hydrogen-bond donors (Lipinski definition) is 1. The van der Waals surface area contributed by atoms with E-state index in [1.165, 1.54) is 12.8 Å². The zero-order valence-electron chi connectivity index (χ0n) is 9.12. The molecule has 2 rings (SSSR count). The molecular weight excluding hydrogens is 289 g/mol. The fraction of sp³-hybridized carbons (Fsp3) is 0.500. The molecule has 90 valence electrons. The van der Waals surface area contributed by atoms with Crippen LogP contribution in [0.1, 0.15) is 18.4 Å². The fourth-order valence-electron chi connectivity index (χ4n) is 1.81. The van der Waals surface area contributed by atoms with Crippen molar-refractivity contribution in [3.05, 3.63) is 34.9 Å². The molecule has 0 aliphatic carbocycles. The summed E-state index contributed by atoms with van der Waals surface area (Å²) in [6.07, 6.45) is 2.76. The van der Waals surface area contributed by atoms with Crippen LogP contribution in [0.25, 0.3) is 0 Å². The summed E-state index contributed by atoms with van der Waals surface area (Å²) in [5.41, 5.74) is 1.15. The molecule has 1 aliphatic heterocycles. The van der Waals surface area contributed by atoms with Crippen molar-refractivity contribution >= 4 is 28.6 Å². The van der Waals surface area contributed by atoms with Crippen LogP contribution < -0.4 is 5.32 Å². The first-order valence-electron chi connectivity index (χ1n) is 5.42. The van der Waals surface area contributed by atoms with Gasteiger partial charge in [-0.1, -0.05) is 29.8 Å². The first-order valence-corrected chi connectivity index (χ1v) is 5.80. The summed E-state index contributed by atoms with van der Waals surface area (Å²) in [7, 11) is 0. The van der Waals surface area contributed by atoms with Gasteiger partial charge in [0.25, 0.3) is 0 Å². The third kappa shape index (κ3) is 4.06. The Kier molecular flexibility index (Phi) is 6.36. The maximum Gasteiger partial charge on any atom is 0.0700 e. The number of rotatable bonds is 4. The lowest BCUT2D eigenvalue weighted by Gasteiger charge is -2.11. The molecule has 1 aliphatic rings. The zero-order chi connectivity index (χ0) is 10.5. The summed E-state index contributed by atoms with van der Waals surface area (Å²) in [6.45, 7) is 2.66. The van der Waals surface area contributed by atoms with E-state index in [0.717, 1.165) is 30.3 Å². The maximum atomic E-state index is 6.05. The number of ether oxygens (including phenoxy) is 1. The number of benzene rings is 1. The summed E-state index contributed by atoms with van der Waals surface area (Å²) >= 11 is 6.05. The molecule has 1 fully saturated rings. The highest BCUT2D eigenvalue weighted by Gasteiger charge is 2.14. The molecule has 1 aromatic carbocycles. The second-order valence-corrected chi connectivity index (χ2v) is 4.26. The molecule has 1 aromatic rings. The molecule has 1 saturated heterocycles. The lowest BCUT2D eigenvalue weighted by Crippen LogP contribution is -2.25. The Hall–Kier alpha value is -0.0900. The normalized spacial score (nSPS) is 19.4. The second-order valence-electron chi connectivity index (χ2n) is 3.86. The molecular formula is C12H17BrClNO. The van der Waals surface area contributed by atoms with E-state index in [1.807, 2.05) is 24.3 Å². The van der Waals surface area contributed by atoms with E-state index < -0.39 is 0 Å². The number of nitrogens with one attached hydrogen (secondary N) is 1. The van der Waals surface area contributed by atoms with Gasteiger partial charge in [0.2, 0.25) is 0 Å². The van der Waals surface area contributed by atoms with Gasteiger partial charge in [0, 0.05) is 24.7 Å². The Labute approximate surface area is 112 Å². The molecule has 0 spiro atoms. The van der Waals surface area contributed by atoms with Gasteiger partial charge in [0.1, 0.15) is 0 Å². The lowest BCUT2D eigenvalue weighted by atomic mass is 10.2. The van der Waals surface area contributed by atoms with Crippen LogP contribution in [-0.4, -0.2) is 19.3 Å². The minimum absolute atomic E-state index is 0. The molecule has 0 aromatic heterocycles. The third-order valence-electron chi connectivity index (χ3n) is 2.67. The van der Waals surface area contributed by atoms with Gasteiger partial charge in [-0.3, -0.25) is 0 Å². The van der Waals surface area contributed by atoms with Crippen molar-refractivity contribution in [2.45, 2.75) is 25.5 Å². The van der Waals surface area contributed by atoms with Gasteiger partial charge in [-0.2, -0.15) is 0 Å². The molecule has 2 nitrogen and oxygen atoms in total. The Morgan fingerprint density at radius 1 is 1.38 bits per heavy atom. The topological polar surface area (TPSA) is 21.3 Å². The standard InChI is InChI=1S/C12H16ClNO.BrH/c13-12-6-2-1-4-10(12)8-14-9-11-5-3-7-15-11;/h1-2,4,6,11,14H,3,5,7-9H2;1H. The van der Waals surface area contributed by atoms with Crippen molar-refractivity contribution in [3.63, 3.8) is 0 Å². The summed E-state index contributed by atoms with van der Waals surface area (Å²) in [5, 5.41) is 4.21. The van der Waals surface area contributed by atoms with Crippen molar-refractivity contribution in [2.24, 2.45) is 0 Å². The van der Waals surface area contributed by atoms with E-state index in [9.17, 15) is 0 Å². The SMILES string of the molecule is Br.Clc1ccccc1CNCC1CCCO1. The number of halogens is 2. The zero-order valence-corrected chi connectivity index (χ0v) is 11.6. The highest BCUT2D eigenvalue weighted by atomic mass is 79.9. The van der Waals surface area contributed by atoms with Crippen molar-refractivity contribution in [1.82, 2.24) is 5.32 Å². The Morgan fingerprint density at radius 3 is 2.88 bits per heavy atom. The van der Waals surface area contributed by atoms with Crippen LogP contribution in [0.3, 0.4) is 0 Å². The van der Waals surface area contributed by atoms with Crippen molar-refractivity contribution in [3.8, 4) is 0 Å². The molecule has 1 atom stereocenters. The summed E-state index contributed by atoms with van der Waals surface area (Å²) in [6, 6.07) is 7.93. The smallest absolute Gasteiger partial charge is 0.0700 e. The van der Waals surface area contributed by atoms with E-state index in [1.54, 1.807) is 0 Å². The first kappa shape index (κ1) is 14.0. The van der Waals surface area contributed by atoms with Crippen molar-refractivity contribution in [1.29, 1.82) is 0 Å². The Morgan fingerprint density at radius 2 is 2.19 bits per heavy atom. The van der Waals surface area contributed by atoms with Gasteiger partial charge in [0.15, 0.2) is 0 Å². The van der Waals surface area contributed by atoms with Crippen LogP contribution in [0.5, 0.6) is 0 Å². The lowest BCUT2D eigenvalue weighted by molar-refractivity contribution is 0.110. The van der Waals surface area contributed by atoms with Gasteiger partial charge in [-0.25, -0.2) is 0 Å². The maximum absolute atomic E-state index is 6.05. The van der Waals surface area contributed by atoms with E-state index in [4.69, 9.17) is 16.3 Å². The highest BCUT2D eigenvalue weighted by molar-refractivity contribution is 8.93. The van der Waals surface area contributed by atoms with Crippen LogP contribution in [0.4, 0.5) is 0 Å². The van der Waals surface area contributed by atoms with Gasteiger partial charge in [0.05, 0.1) is 6.10 Å². The monoisotopic (exact) mass is 305 g/mol. The van der Waals surface area contributed by atoms with Crippen LogP contribution in [0, 0.1) is 0 Å². The van der Waals surface area contributed by atoms with Gasteiger partial charge in [-0.15, -0.1) is 17.0 Å². The van der Waals surface area contributed by atoms with Crippen molar-refractivity contribution in [2.75, 3.05) is 13.2 Å². The van der Waals surface area contributed by atoms with Crippen LogP contribution in [-0.2, 0) is 11.3 Å². The first-order chi connectivity index (χ1) is 7.36. The van der Waals surface area contributed by atoms with E-state index >= 15 is 0 Å². The largest absolute Gasteiger partial charge is 0.377 e. The predicted octanol–water partition coefficient (Wildman–Crippen LogP) is 3.19. The van der Waals surface area contributed by atoms with Gasteiger partial charge in [-0.05, 0) is 24.5 Å². The molecule has 1 heterocycles.